The van der Waals surface area contributed by atoms with Crippen molar-refractivity contribution in [3.63, 3.8) is 0 Å². The number of benzene rings is 2. The quantitative estimate of drug-likeness (QED) is 0.583. The molecular weight excluding hydrogens is 372 g/mol. The van der Waals surface area contributed by atoms with E-state index in [1.165, 1.54) is 0 Å². The van der Waals surface area contributed by atoms with Crippen molar-refractivity contribution in [2.45, 2.75) is 26.9 Å². The highest BCUT2D eigenvalue weighted by atomic mass is 16.5. The summed E-state index contributed by atoms with van der Waals surface area (Å²) in [6.45, 7) is 3.54. The van der Waals surface area contributed by atoms with Gasteiger partial charge < -0.3 is 19.3 Å². The summed E-state index contributed by atoms with van der Waals surface area (Å²) in [6.07, 6.45) is 0.534. The highest BCUT2D eigenvalue weighted by molar-refractivity contribution is 5.96. The molecule has 3 aromatic rings. The van der Waals surface area contributed by atoms with Crippen molar-refractivity contribution in [1.29, 1.82) is 0 Å². The monoisotopic (exact) mass is 394 g/mol. The summed E-state index contributed by atoms with van der Waals surface area (Å²) < 4.78 is 15.8. The molecule has 7 nitrogen and oxygen atoms in total. The van der Waals surface area contributed by atoms with Crippen LogP contribution in [0, 0.1) is 6.92 Å². The lowest BCUT2D eigenvalue weighted by Crippen LogP contribution is -2.21. The van der Waals surface area contributed by atoms with Crippen molar-refractivity contribution >= 4 is 17.6 Å². The third-order valence-electron chi connectivity index (χ3n) is 4.19. The first kappa shape index (κ1) is 20.1. The molecule has 7 heteroatoms. The Morgan fingerprint density at radius 3 is 2.48 bits per heavy atom. The van der Waals surface area contributed by atoms with E-state index < -0.39 is 18.5 Å². The second-order valence-corrected chi connectivity index (χ2v) is 6.34. The zero-order chi connectivity index (χ0) is 20.6. The largest absolute Gasteiger partial charge is 0.489 e. The van der Waals surface area contributed by atoms with Gasteiger partial charge in [0.05, 0.1) is 5.69 Å². The average molecular weight is 394 g/mol. The second-order valence-electron chi connectivity index (χ2n) is 6.34. The van der Waals surface area contributed by atoms with Gasteiger partial charge >= 0.3 is 5.97 Å². The Bertz CT molecular complexity index is 965. The van der Waals surface area contributed by atoms with Gasteiger partial charge in [-0.05, 0) is 43.2 Å². The Morgan fingerprint density at radius 1 is 1.07 bits per heavy atom. The van der Waals surface area contributed by atoms with Crippen molar-refractivity contribution in [2.24, 2.45) is 0 Å². The number of aromatic nitrogens is 1. The van der Waals surface area contributed by atoms with Crippen LogP contribution in [0.3, 0.4) is 0 Å². The molecule has 0 atom stereocenters. The van der Waals surface area contributed by atoms with Crippen LogP contribution < -0.4 is 10.1 Å². The van der Waals surface area contributed by atoms with Gasteiger partial charge in [0.15, 0.2) is 6.61 Å². The van der Waals surface area contributed by atoms with E-state index >= 15 is 0 Å². The minimum Gasteiger partial charge on any atom is -0.489 e. The number of amides is 1. The molecule has 0 aliphatic rings. The van der Waals surface area contributed by atoms with E-state index in [0.717, 1.165) is 5.56 Å². The maximum absolute atomic E-state index is 12.2. The number of ether oxygens (including phenoxy) is 2. The zero-order valence-electron chi connectivity index (χ0n) is 16.3. The molecule has 1 aromatic heterocycles. The molecule has 0 bridgehead atoms. The van der Waals surface area contributed by atoms with Crippen LogP contribution in [0.15, 0.2) is 59.1 Å². The van der Waals surface area contributed by atoms with E-state index in [2.05, 4.69) is 10.5 Å². The fraction of sp³-hybridized carbons (Fsp3) is 0.227. The Morgan fingerprint density at radius 2 is 1.79 bits per heavy atom. The Balaban J connectivity index is 1.48. The molecule has 29 heavy (non-hydrogen) atoms. The standard InChI is InChI=1S/C22H22N2O5/c1-3-19-21(15(2)29-24-19)22(26)28-14-20(25)23-17-9-11-18(12-10-17)27-13-16-7-5-4-6-8-16/h4-12H,3,13-14H2,1-2H3,(H,23,25). The summed E-state index contributed by atoms with van der Waals surface area (Å²) in [4.78, 5) is 24.2. The maximum Gasteiger partial charge on any atom is 0.344 e. The van der Waals surface area contributed by atoms with Gasteiger partial charge in [-0.2, -0.15) is 0 Å². The average Bonchev–Trinajstić information content (AvgIpc) is 3.13. The number of anilines is 1. The fourth-order valence-electron chi connectivity index (χ4n) is 2.70. The van der Waals surface area contributed by atoms with E-state index in [1.807, 2.05) is 37.3 Å². The number of carbonyl (C=O) groups excluding carboxylic acids is 2. The number of carbonyl (C=O) groups is 2. The number of esters is 1. The fourth-order valence-corrected chi connectivity index (χ4v) is 2.70. The van der Waals surface area contributed by atoms with Crippen LogP contribution in [-0.2, 0) is 22.6 Å². The lowest BCUT2D eigenvalue weighted by atomic mass is 10.1. The molecule has 0 unspecified atom stereocenters. The van der Waals surface area contributed by atoms with E-state index in [0.29, 0.717) is 35.9 Å². The molecule has 1 heterocycles. The van der Waals surface area contributed by atoms with Gasteiger partial charge in [-0.1, -0.05) is 42.4 Å². The van der Waals surface area contributed by atoms with Gasteiger partial charge in [0.25, 0.3) is 5.91 Å². The lowest BCUT2D eigenvalue weighted by Gasteiger charge is -2.09. The summed E-state index contributed by atoms with van der Waals surface area (Å²) in [5.41, 5.74) is 2.44. The summed E-state index contributed by atoms with van der Waals surface area (Å²) in [6, 6.07) is 16.8. The molecule has 2 aromatic carbocycles. The van der Waals surface area contributed by atoms with Crippen LogP contribution in [-0.4, -0.2) is 23.6 Å². The molecular formula is C22H22N2O5. The van der Waals surface area contributed by atoms with Gasteiger partial charge in [-0.15, -0.1) is 0 Å². The summed E-state index contributed by atoms with van der Waals surface area (Å²) in [5, 5.41) is 6.48. The Hall–Kier alpha value is -3.61. The van der Waals surface area contributed by atoms with Crippen molar-refractivity contribution in [3.8, 4) is 5.75 Å². The SMILES string of the molecule is CCc1noc(C)c1C(=O)OCC(=O)Nc1ccc(OCc2ccccc2)cc1. The third-order valence-corrected chi connectivity index (χ3v) is 4.19. The topological polar surface area (TPSA) is 90.7 Å². The minimum absolute atomic E-state index is 0.278. The first-order valence-electron chi connectivity index (χ1n) is 9.25. The number of nitrogens with zero attached hydrogens (tertiary/aromatic N) is 1. The first-order valence-corrected chi connectivity index (χ1v) is 9.25. The number of nitrogens with one attached hydrogen (secondary N) is 1. The smallest absolute Gasteiger partial charge is 0.344 e. The third kappa shape index (κ3) is 5.44. The summed E-state index contributed by atoms with van der Waals surface area (Å²) in [5.74, 6) is -0.00414. The lowest BCUT2D eigenvalue weighted by molar-refractivity contribution is -0.119. The van der Waals surface area contributed by atoms with E-state index in [4.69, 9.17) is 14.0 Å². The van der Waals surface area contributed by atoms with Crippen LogP contribution in [0.25, 0.3) is 0 Å². The van der Waals surface area contributed by atoms with Crippen molar-refractivity contribution in [1.82, 2.24) is 5.16 Å². The molecule has 1 N–H and O–H groups in total. The Labute approximate surface area is 168 Å². The van der Waals surface area contributed by atoms with E-state index in [1.54, 1.807) is 31.2 Å². The van der Waals surface area contributed by atoms with Crippen LogP contribution in [0.4, 0.5) is 5.69 Å². The van der Waals surface area contributed by atoms with E-state index in [9.17, 15) is 9.59 Å². The predicted octanol–water partition coefficient (Wildman–Crippen LogP) is 3.92. The molecule has 0 spiro atoms. The molecule has 3 rings (SSSR count). The van der Waals surface area contributed by atoms with Gasteiger partial charge in [0.1, 0.15) is 23.7 Å². The highest BCUT2D eigenvalue weighted by Crippen LogP contribution is 2.18. The minimum atomic E-state index is -0.625. The number of hydrogen-bond donors (Lipinski definition) is 1. The second kappa shape index (κ2) is 9.54. The van der Waals surface area contributed by atoms with Gasteiger partial charge in [0, 0.05) is 5.69 Å². The van der Waals surface area contributed by atoms with Crippen LogP contribution >= 0.6 is 0 Å². The van der Waals surface area contributed by atoms with Crippen molar-refractivity contribution in [3.05, 3.63) is 77.2 Å². The summed E-state index contributed by atoms with van der Waals surface area (Å²) in [7, 11) is 0. The number of aryl methyl sites for hydroxylation is 2. The molecule has 0 radical (unpaired) electrons. The summed E-state index contributed by atoms with van der Waals surface area (Å²) >= 11 is 0. The van der Waals surface area contributed by atoms with Crippen molar-refractivity contribution < 1.29 is 23.6 Å². The molecule has 0 aliphatic heterocycles. The van der Waals surface area contributed by atoms with Crippen LogP contribution in [0.2, 0.25) is 0 Å². The normalized spacial score (nSPS) is 10.4. The van der Waals surface area contributed by atoms with Crippen molar-refractivity contribution in [2.75, 3.05) is 11.9 Å². The molecule has 0 saturated carbocycles. The number of rotatable bonds is 8. The molecule has 0 aliphatic carbocycles. The molecule has 0 saturated heterocycles. The first-order chi connectivity index (χ1) is 14.1. The van der Waals surface area contributed by atoms with Gasteiger partial charge in [-0.25, -0.2) is 4.79 Å². The van der Waals surface area contributed by atoms with Gasteiger partial charge in [-0.3, -0.25) is 4.79 Å². The molecule has 150 valence electrons. The maximum atomic E-state index is 12.2. The van der Waals surface area contributed by atoms with E-state index in [-0.39, 0.29) is 5.56 Å². The number of hydrogen-bond acceptors (Lipinski definition) is 6. The highest BCUT2D eigenvalue weighted by Gasteiger charge is 2.21. The zero-order valence-corrected chi connectivity index (χ0v) is 16.3. The van der Waals surface area contributed by atoms with Gasteiger partial charge in [0.2, 0.25) is 0 Å². The van der Waals surface area contributed by atoms with Crippen LogP contribution in [0.5, 0.6) is 5.75 Å². The molecule has 1 amide bonds. The predicted molar refractivity (Wildman–Crippen MR) is 107 cm³/mol. The van der Waals surface area contributed by atoms with Crippen LogP contribution in [0.1, 0.15) is 34.3 Å². The molecule has 0 fully saturated rings. The Kier molecular flexibility index (Phi) is 6.63.